The van der Waals surface area contributed by atoms with Gasteiger partial charge < -0.3 is 0 Å². The van der Waals surface area contributed by atoms with Crippen LogP contribution in [0, 0.1) is 20.9 Å². The molecule has 0 unspecified atom stereocenters. The zero-order chi connectivity index (χ0) is 19.4. The minimum atomic E-state index is 1.21. The van der Waals surface area contributed by atoms with Crippen molar-refractivity contribution in [2.75, 3.05) is 0 Å². The number of fused-ring (bicyclic) bond motifs is 7. The molecule has 0 amide bonds. The predicted molar refractivity (Wildman–Crippen MR) is 128 cm³/mol. The molecule has 1 aliphatic rings. The number of benzene rings is 3. The highest BCUT2D eigenvalue weighted by Crippen LogP contribution is 2.41. The van der Waals surface area contributed by atoms with Crippen LogP contribution in [0.5, 0.6) is 0 Å². The smallest absolute Gasteiger partial charge is 0.0445 e. The van der Waals surface area contributed by atoms with Crippen LogP contribution in [0.3, 0.4) is 0 Å². The molecule has 29 heavy (non-hydrogen) atoms. The van der Waals surface area contributed by atoms with Crippen LogP contribution in [0.2, 0.25) is 0 Å². The number of hydrogen-bond acceptors (Lipinski definition) is 2. The van der Waals surface area contributed by atoms with Gasteiger partial charge in [-0.1, -0.05) is 68.3 Å². The summed E-state index contributed by atoms with van der Waals surface area (Å²) in [5.41, 5.74) is 2.67. The summed E-state index contributed by atoms with van der Waals surface area (Å²) in [5.74, 6) is 0. The van der Waals surface area contributed by atoms with Crippen LogP contribution >= 0.6 is 22.7 Å². The summed E-state index contributed by atoms with van der Waals surface area (Å²) in [5, 5.41) is 11.0. The molecule has 0 fully saturated rings. The number of rotatable bonds is 5. The molecule has 0 N–H and O–H groups in total. The molecule has 1 aliphatic carbocycles. The van der Waals surface area contributed by atoms with Crippen molar-refractivity contribution in [3.05, 3.63) is 91.8 Å². The molecule has 0 spiro atoms. The third kappa shape index (κ3) is 2.56. The molecular weight excluding hydrogens is 388 g/mol. The van der Waals surface area contributed by atoms with E-state index >= 15 is 0 Å². The highest BCUT2D eigenvalue weighted by molar-refractivity contribution is 7.22. The normalized spacial score (nSPS) is 12.2. The molecule has 0 radical (unpaired) electrons. The first kappa shape index (κ1) is 17.4. The molecule has 0 saturated heterocycles. The topological polar surface area (TPSA) is 0 Å². The minimum Gasteiger partial charge on any atom is -0.143 e. The molecular formula is C27H22S2. The van der Waals surface area contributed by atoms with Gasteiger partial charge in [0.1, 0.15) is 0 Å². The molecule has 0 aliphatic heterocycles. The predicted octanol–water partition coefficient (Wildman–Crippen LogP) is 8.40. The van der Waals surface area contributed by atoms with E-state index in [-0.39, 0.29) is 0 Å². The van der Waals surface area contributed by atoms with Crippen molar-refractivity contribution in [3.63, 3.8) is 0 Å². The summed E-state index contributed by atoms with van der Waals surface area (Å²) >= 11 is 3.93. The third-order valence-corrected chi connectivity index (χ3v) is 8.29. The average Bonchev–Trinajstić information content (AvgIpc) is 3.37. The van der Waals surface area contributed by atoms with E-state index in [0.717, 1.165) is 0 Å². The zero-order valence-electron chi connectivity index (χ0n) is 16.5. The van der Waals surface area contributed by atoms with E-state index in [0.29, 0.717) is 0 Å². The number of aryl methyl sites for hydroxylation is 1. The lowest BCUT2D eigenvalue weighted by atomic mass is 9.91. The SMILES string of the molecule is CCCCCc1cc2c(s1)c1c(c3ccsc32)=c2c(-c3ccccc3)cccc2=1. The summed E-state index contributed by atoms with van der Waals surface area (Å²) in [6.45, 7) is 2.28. The van der Waals surface area contributed by atoms with Crippen LogP contribution in [0.25, 0.3) is 31.3 Å². The fraction of sp³-hybridized carbons (Fsp3) is 0.185. The van der Waals surface area contributed by atoms with E-state index in [1.54, 1.807) is 4.88 Å². The van der Waals surface area contributed by atoms with Crippen LogP contribution in [-0.4, -0.2) is 0 Å². The Morgan fingerprint density at radius 1 is 0.759 bits per heavy atom. The fourth-order valence-electron chi connectivity index (χ4n) is 4.77. The van der Waals surface area contributed by atoms with Gasteiger partial charge in [-0.05, 0) is 51.9 Å². The Hall–Kier alpha value is -2.42. The van der Waals surface area contributed by atoms with E-state index in [1.165, 1.54) is 77.9 Å². The highest BCUT2D eigenvalue weighted by atomic mass is 32.1. The second-order valence-electron chi connectivity index (χ2n) is 7.92. The van der Waals surface area contributed by atoms with Crippen molar-refractivity contribution < 1.29 is 0 Å². The van der Waals surface area contributed by atoms with E-state index in [1.807, 2.05) is 22.7 Å². The molecule has 0 bridgehead atoms. The van der Waals surface area contributed by atoms with Gasteiger partial charge in [0.25, 0.3) is 0 Å². The lowest BCUT2D eigenvalue weighted by Gasteiger charge is -2.13. The second-order valence-corrected chi connectivity index (χ2v) is 9.97. The van der Waals surface area contributed by atoms with Crippen molar-refractivity contribution in [1.82, 2.24) is 0 Å². The van der Waals surface area contributed by atoms with Crippen LogP contribution in [0.1, 0.15) is 31.1 Å². The maximum atomic E-state index is 2.48. The van der Waals surface area contributed by atoms with Gasteiger partial charge in [-0.25, -0.2) is 0 Å². The first-order valence-electron chi connectivity index (χ1n) is 10.5. The zero-order valence-corrected chi connectivity index (χ0v) is 18.1. The lowest BCUT2D eigenvalue weighted by molar-refractivity contribution is 0.723. The maximum Gasteiger partial charge on any atom is 0.0445 e. The summed E-state index contributed by atoms with van der Waals surface area (Å²) < 4.78 is 2.96. The Balaban J connectivity index is 1.71. The van der Waals surface area contributed by atoms with Gasteiger partial charge in [-0.2, -0.15) is 0 Å². The van der Waals surface area contributed by atoms with Crippen LogP contribution in [0.4, 0.5) is 0 Å². The summed E-state index contributed by atoms with van der Waals surface area (Å²) in [6, 6.07) is 22.5. The lowest BCUT2D eigenvalue weighted by Crippen LogP contribution is -1.95. The van der Waals surface area contributed by atoms with Gasteiger partial charge >= 0.3 is 0 Å². The monoisotopic (exact) mass is 410 g/mol. The molecule has 0 nitrogen and oxygen atoms in total. The van der Waals surface area contributed by atoms with Gasteiger partial charge in [0, 0.05) is 35.5 Å². The van der Waals surface area contributed by atoms with Crippen LogP contribution < -0.4 is 0 Å². The van der Waals surface area contributed by atoms with Crippen molar-refractivity contribution in [2.45, 2.75) is 32.6 Å². The molecule has 2 heterocycles. The highest BCUT2D eigenvalue weighted by Gasteiger charge is 2.18. The number of thiophene rings is 2. The van der Waals surface area contributed by atoms with Gasteiger partial charge in [0.05, 0.1) is 0 Å². The van der Waals surface area contributed by atoms with Gasteiger partial charge in [-0.3, -0.25) is 0 Å². The van der Waals surface area contributed by atoms with Crippen molar-refractivity contribution in [1.29, 1.82) is 0 Å². The molecule has 0 saturated carbocycles. The average molecular weight is 411 g/mol. The van der Waals surface area contributed by atoms with Crippen molar-refractivity contribution >= 4 is 42.8 Å². The molecule has 3 aromatic carbocycles. The molecule has 0 atom stereocenters. The van der Waals surface area contributed by atoms with Crippen molar-refractivity contribution in [3.8, 4) is 11.1 Å². The Morgan fingerprint density at radius 2 is 1.66 bits per heavy atom. The Kier molecular flexibility index (Phi) is 4.11. The Labute approximate surface area is 178 Å². The van der Waals surface area contributed by atoms with E-state index in [2.05, 4.69) is 73.0 Å². The molecule has 5 aromatic rings. The molecule has 2 aromatic heterocycles. The second kappa shape index (κ2) is 6.83. The van der Waals surface area contributed by atoms with Crippen molar-refractivity contribution in [2.24, 2.45) is 0 Å². The standard InChI is InChI=1S/C27H22S2/c1-2-3-5-11-18-16-22-26-21(14-15-28-26)24-23-19(17-9-6-4-7-10-17)12-8-13-20(23)25(24)27(22)29-18/h4,6-10,12-16H,2-3,5,11H2,1H3. The number of hydrogen-bond donors (Lipinski definition) is 0. The largest absolute Gasteiger partial charge is 0.143 e. The van der Waals surface area contributed by atoms with E-state index in [9.17, 15) is 0 Å². The van der Waals surface area contributed by atoms with Crippen LogP contribution in [0.15, 0.2) is 66.0 Å². The third-order valence-electron chi connectivity index (χ3n) is 6.13. The summed E-state index contributed by atoms with van der Waals surface area (Å²) in [4.78, 5) is 1.55. The molecule has 6 rings (SSSR count). The van der Waals surface area contributed by atoms with Crippen LogP contribution in [-0.2, 0) is 6.42 Å². The minimum absolute atomic E-state index is 1.21. The first-order chi connectivity index (χ1) is 14.4. The first-order valence-corrected chi connectivity index (χ1v) is 12.2. The fourth-order valence-corrected chi connectivity index (χ4v) is 7.03. The van der Waals surface area contributed by atoms with Gasteiger partial charge in [0.2, 0.25) is 0 Å². The van der Waals surface area contributed by atoms with E-state index in [4.69, 9.17) is 0 Å². The summed E-state index contributed by atoms with van der Waals surface area (Å²) in [7, 11) is 0. The summed E-state index contributed by atoms with van der Waals surface area (Å²) in [6.07, 6.45) is 5.12. The maximum absolute atomic E-state index is 2.48. The molecule has 2 heteroatoms. The Bertz CT molecular complexity index is 1550. The van der Waals surface area contributed by atoms with E-state index < -0.39 is 0 Å². The Morgan fingerprint density at radius 3 is 2.52 bits per heavy atom. The van der Waals surface area contributed by atoms with Gasteiger partial charge in [-0.15, -0.1) is 22.7 Å². The van der Waals surface area contributed by atoms with Gasteiger partial charge in [0.15, 0.2) is 0 Å². The molecule has 142 valence electrons. The number of unbranched alkanes of at least 4 members (excludes halogenated alkanes) is 2. The quantitative estimate of drug-likeness (QED) is 0.250.